The largest absolute Gasteiger partial charge is 0.481 e. The molecule has 10 heteroatoms. The molecule has 0 saturated carbocycles. The van der Waals surface area contributed by atoms with Crippen molar-refractivity contribution in [3.63, 3.8) is 0 Å². The average molecular weight is 357 g/mol. The fourth-order valence-electron chi connectivity index (χ4n) is 2.99. The first-order chi connectivity index (χ1) is 11.7. The molecule has 2 aromatic heterocycles. The van der Waals surface area contributed by atoms with E-state index in [-0.39, 0.29) is 11.3 Å². The first-order valence-electron chi connectivity index (χ1n) is 7.55. The number of aliphatic carboxylic acids is 1. The van der Waals surface area contributed by atoms with E-state index in [1.807, 2.05) is 6.92 Å². The first-order valence-corrected chi connectivity index (χ1v) is 7.55. The van der Waals surface area contributed by atoms with Crippen LogP contribution < -0.4 is 0 Å². The minimum atomic E-state index is -4.69. The lowest BCUT2D eigenvalue weighted by Gasteiger charge is -2.18. The van der Waals surface area contributed by atoms with E-state index in [1.165, 1.54) is 12.3 Å². The molecule has 134 valence electrons. The van der Waals surface area contributed by atoms with Crippen molar-refractivity contribution in [2.75, 3.05) is 13.1 Å². The highest BCUT2D eigenvalue weighted by Crippen LogP contribution is 2.38. The van der Waals surface area contributed by atoms with Crippen molar-refractivity contribution in [3.8, 4) is 0 Å². The Morgan fingerprint density at radius 2 is 2.12 bits per heavy atom. The zero-order chi connectivity index (χ0) is 18.4. The van der Waals surface area contributed by atoms with E-state index in [0.29, 0.717) is 17.5 Å². The summed E-state index contributed by atoms with van der Waals surface area (Å²) in [4.78, 5) is 28.5. The predicted octanol–water partition coefficient (Wildman–Crippen LogP) is 2.12. The van der Waals surface area contributed by atoms with Gasteiger partial charge in [-0.2, -0.15) is 13.2 Å². The van der Waals surface area contributed by atoms with Crippen LogP contribution >= 0.6 is 0 Å². The van der Waals surface area contributed by atoms with Crippen molar-refractivity contribution in [2.24, 2.45) is 11.8 Å². The van der Waals surface area contributed by atoms with Gasteiger partial charge in [0, 0.05) is 19.3 Å². The highest BCUT2D eigenvalue weighted by atomic mass is 19.4. The third-order valence-corrected chi connectivity index (χ3v) is 4.33. The van der Waals surface area contributed by atoms with E-state index in [2.05, 4.69) is 10.1 Å². The number of carboxylic acids is 1. The van der Waals surface area contributed by atoms with Crippen LogP contribution in [0.5, 0.6) is 0 Å². The fraction of sp³-hybridized carbons (Fsp3) is 0.467. The number of rotatable bonds is 3. The molecule has 3 heterocycles. The van der Waals surface area contributed by atoms with E-state index in [9.17, 15) is 22.8 Å². The number of alkyl halides is 3. The lowest BCUT2D eigenvalue weighted by Crippen LogP contribution is -2.34. The molecule has 0 spiro atoms. The third kappa shape index (κ3) is 3.03. The Morgan fingerprint density at radius 3 is 2.68 bits per heavy atom. The molecule has 1 saturated heterocycles. The van der Waals surface area contributed by atoms with Gasteiger partial charge in [0.05, 0.1) is 28.5 Å². The summed E-state index contributed by atoms with van der Waals surface area (Å²) in [7, 11) is 0. The molecular weight excluding hydrogens is 343 g/mol. The predicted molar refractivity (Wildman–Crippen MR) is 77.8 cm³/mol. The highest BCUT2D eigenvalue weighted by Gasteiger charge is 2.53. The molecule has 1 amide bonds. The van der Waals surface area contributed by atoms with Crippen molar-refractivity contribution in [1.29, 1.82) is 0 Å². The molecule has 1 aliphatic heterocycles. The second-order valence-electron chi connectivity index (χ2n) is 5.86. The SMILES string of the molecule is CCc1noc2ncc(C(=O)N3C[C@@H](C(F)(F)F)[C@H](C(=O)O)C3)cc12. The van der Waals surface area contributed by atoms with Crippen LogP contribution in [0.15, 0.2) is 16.8 Å². The summed E-state index contributed by atoms with van der Waals surface area (Å²) in [5.74, 6) is -6.04. The van der Waals surface area contributed by atoms with Crippen LogP contribution in [0.4, 0.5) is 13.2 Å². The minimum absolute atomic E-state index is 0.0670. The van der Waals surface area contributed by atoms with E-state index in [1.54, 1.807) is 0 Å². The molecule has 1 aliphatic rings. The standard InChI is InChI=1S/C15H14F3N3O4/c1-2-11-8-3-7(4-19-12(8)25-20-11)13(22)21-5-9(14(23)24)10(6-21)15(16,17)18/h3-4,9-10H,2,5-6H2,1H3,(H,23,24)/t9-,10-/m1/s1. The summed E-state index contributed by atoms with van der Waals surface area (Å²) in [6, 6.07) is 1.46. The molecule has 0 aromatic carbocycles. The number of aromatic nitrogens is 2. The zero-order valence-corrected chi connectivity index (χ0v) is 13.1. The molecule has 1 fully saturated rings. The van der Waals surface area contributed by atoms with E-state index in [4.69, 9.17) is 9.63 Å². The van der Waals surface area contributed by atoms with Crippen molar-refractivity contribution in [2.45, 2.75) is 19.5 Å². The number of fused-ring (bicyclic) bond motifs is 1. The number of carbonyl (C=O) groups is 2. The van der Waals surface area contributed by atoms with Gasteiger partial charge in [-0.1, -0.05) is 12.1 Å². The van der Waals surface area contributed by atoms with Crippen LogP contribution in [0.2, 0.25) is 0 Å². The number of hydrogen-bond acceptors (Lipinski definition) is 5. The van der Waals surface area contributed by atoms with E-state index < -0.39 is 43.0 Å². The summed E-state index contributed by atoms with van der Waals surface area (Å²) in [6.45, 7) is 0.639. The lowest BCUT2D eigenvalue weighted by molar-refractivity contribution is -0.187. The number of halogens is 3. The van der Waals surface area contributed by atoms with Crippen molar-refractivity contribution < 1.29 is 32.4 Å². The molecule has 1 N–H and O–H groups in total. The van der Waals surface area contributed by atoms with Crippen LogP contribution in [0, 0.1) is 11.8 Å². The van der Waals surface area contributed by atoms with Gasteiger partial charge in [0.2, 0.25) is 0 Å². The molecule has 2 atom stereocenters. The number of aryl methyl sites for hydroxylation is 1. The van der Waals surface area contributed by atoms with Crippen LogP contribution in [-0.4, -0.2) is 51.3 Å². The smallest absolute Gasteiger partial charge is 0.394 e. The molecule has 25 heavy (non-hydrogen) atoms. The number of amides is 1. The Morgan fingerprint density at radius 1 is 1.40 bits per heavy atom. The van der Waals surface area contributed by atoms with Crippen LogP contribution in [0.3, 0.4) is 0 Å². The number of carbonyl (C=O) groups excluding carboxylic acids is 1. The molecule has 7 nitrogen and oxygen atoms in total. The van der Waals surface area contributed by atoms with Gasteiger partial charge < -0.3 is 14.5 Å². The van der Waals surface area contributed by atoms with Crippen LogP contribution in [0.1, 0.15) is 23.0 Å². The maximum absolute atomic E-state index is 13.0. The number of pyridine rings is 1. The molecular formula is C15H14F3N3O4. The number of likely N-dealkylation sites (tertiary alicyclic amines) is 1. The molecule has 2 aromatic rings. The van der Waals surface area contributed by atoms with Gasteiger partial charge in [-0.05, 0) is 12.5 Å². The maximum Gasteiger partial charge on any atom is 0.394 e. The minimum Gasteiger partial charge on any atom is -0.481 e. The first kappa shape index (κ1) is 17.2. The van der Waals surface area contributed by atoms with E-state index >= 15 is 0 Å². The lowest BCUT2D eigenvalue weighted by atomic mass is 9.96. The number of hydrogen-bond donors (Lipinski definition) is 1. The van der Waals surface area contributed by atoms with Gasteiger partial charge in [-0.25, -0.2) is 4.98 Å². The summed E-state index contributed by atoms with van der Waals surface area (Å²) in [6.07, 6.45) is -2.97. The van der Waals surface area contributed by atoms with Gasteiger partial charge >= 0.3 is 12.1 Å². The average Bonchev–Trinajstić information content (AvgIpc) is 3.17. The van der Waals surface area contributed by atoms with Gasteiger partial charge in [-0.3, -0.25) is 9.59 Å². The van der Waals surface area contributed by atoms with Crippen LogP contribution in [-0.2, 0) is 11.2 Å². The summed E-state index contributed by atoms with van der Waals surface area (Å²) in [5, 5.41) is 13.3. The fourth-order valence-corrected chi connectivity index (χ4v) is 2.99. The quantitative estimate of drug-likeness (QED) is 0.904. The normalized spacial score (nSPS) is 21.0. The van der Waals surface area contributed by atoms with Gasteiger partial charge in [0.15, 0.2) is 0 Å². The topological polar surface area (TPSA) is 96.5 Å². The Hall–Kier alpha value is -2.65. The molecule has 0 unspecified atom stereocenters. The third-order valence-electron chi connectivity index (χ3n) is 4.33. The second kappa shape index (κ2) is 6.01. The maximum atomic E-state index is 13.0. The van der Waals surface area contributed by atoms with Gasteiger partial charge in [0.25, 0.3) is 11.6 Å². The Labute approximate surface area is 139 Å². The molecule has 0 bridgehead atoms. The molecule has 0 aliphatic carbocycles. The molecule has 0 radical (unpaired) electrons. The summed E-state index contributed by atoms with van der Waals surface area (Å²) < 4.78 is 44.1. The van der Waals surface area contributed by atoms with Gasteiger partial charge in [0.1, 0.15) is 0 Å². The van der Waals surface area contributed by atoms with Crippen molar-refractivity contribution in [1.82, 2.24) is 15.0 Å². The van der Waals surface area contributed by atoms with Crippen molar-refractivity contribution in [3.05, 3.63) is 23.5 Å². The van der Waals surface area contributed by atoms with Crippen LogP contribution in [0.25, 0.3) is 11.1 Å². The highest BCUT2D eigenvalue weighted by molar-refractivity contribution is 5.97. The zero-order valence-electron chi connectivity index (χ0n) is 13.1. The van der Waals surface area contributed by atoms with E-state index in [0.717, 1.165) is 4.90 Å². The molecule has 3 rings (SSSR count). The number of nitrogens with zero attached hydrogens (tertiary/aromatic N) is 3. The Bertz CT molecular complexity index is 833. The summed E-state index contributed by atoms with van der Waals surface area (Å²) in [5.41, 5.74) is 0.874. The monoisotopic (exact) mass is 357 g/mol. The Balaban J connectivity index is 1.89. The second-order valence-corrected chi connectivity index (χ2v) is 5.86. The number of carboxylic acid groups (broad SMARTS) is 1. The van der Waals surface area contributed by atoms with Crippen molar-refractivity contribution >= 4 is 23.0 Å². The Kier molecular flexibility index (Phi) is 4.13. The summed E-state index contributed by atoms with van der Waals surface area (Å²) >= 11 is 0. The van der Waals surface area contributed by atoms with Gasteiger partial charge in [-0.15, -0.1) is 0 Å².